The lowest BCUT2D eigenvalue weighted by Gasteiger charge is -2.22. The van der Waals surface area contributed by atoms with Crippen LogP contribution in [0.15, 0.2) is 18.2 Å². The van der Waals surface area contributed by atoms with Gasteiger partial charge in [-0.1, -0.05) is 12.1 Å². The molecule has 1 aromatic carbocycles. The first-order chi connectivity index (χ1) is 13.0. The number of methoxy groups -OCH3 is 2. The van der Waals surface area contributed by atoms with Gasteiger partial charge in [-0.15, -0.1) is 0 Å². The zero-order chi connectivity index (χ0) is 19.6. The van der Waals surface area contributed by atoms with E-state index in [0.717, 1.165) is 6.42 Å². The van der Waals surface area contributed by atoms with E-state index in [1.54, 1.807) is 18.2 Å². The number of hydrogen-bond acceptors (Lipinski definition) is 5. The number of nitrogens with zero attached hydrogens (tertiary/aromatic N) is 2. The molecule has 8 heteroatoms. The van der Waals surface area contributed by atoms with E-state index in [1.807, 2.05) is 0 Å². The molecule has 0 aliphatic carbocycles. The number of rotatable bonds is 6. The summed E-state index contributed by atoms with van der Waals surface area (Å²) < 4.78 is 10.8. The molecule has 3 rings (SSSR count). The van der Waals surface area contributed by atoms with Crippen molar-refractivity contribution in [2.75, 3.05) is 40.4 Å². The maximum atomic E-state index is 12.7. The van der Waals surface area contributed by atoms with E-state index in [2.05, 4.69) is 0 Å². The van der Waals surface area contributed by atoms with E-state index in [1.165, 1.54) is 24.0 Å². The van der Waals surface area contributed by atoms with Crippen LogP contribution in [-0.4, -0.2) is 73.1 Å². The Morgan fingerprint density at radius 1 is 1.22 bits per heavy atom. The van der Waals surface area contributed by atoms with Crippen LogP contribution in [0.25, 0.3) is 0 Å². The minimum absolute atomic E-state index is 0.00708. The second-order valence-electron chi connectivity index (χ2n) is 6.85. The van der Waals surface area contributed by atoms with Gasteiger partial charge in [0.2, 0.25) is 11.8 Å². The molecule has 0 aromatic heterocycles. The zero-order valence-electron chi connectivity index (χ0n) is 15.5. The third-order valence-corrected chi connectivity index (χ3v) is 5.32. The number of carboxylic acid groups (broad SMARTS) is 1. The van der Waals surface area contributed by atoms with Crippen molar-refractivity contribution in [2.24, 2.45) is 5.92 Å². The summed E-state index contributed by atoms with van der Waals surface area (Å²) >= 11 is 0. The average Bonchev–Trinajstić information content (AvgIpc) is 3.27. The molecule has 0 radical (unpaired) electrons. The van der Waals surface area contributed by atoms with Gasteiger partial charge in [-0.05, 0) is 12.5 Å². The minimum Gasteiger partial charge on any atom is -0.493 e. The average molecular weight is 376 g/mol. The van der Waals surface area contributed by atoms with Crippen molar-refractivity contribution in [3.63, 3.8) is 0 Å². The normalized spacial score (nSPS) is 22.2. The third-order valence-electron chi connectivity index (χ3n) is 5.32. The molecule has 2 heterocycles. The van der Waals surface area contributed by atoms with Gasteiger partial charge in [-0.3, -0.25) is 14.4 Å². The number of ether oxygens (including phenoxy) is 2. The van der Waals surface area contributed by atoms with Crippen molar-refractivity contribution in [2.45, 2.75) is 18.8 Å². The predicted molar refractivity (Wildman–Crippen MR) is 95.8 cm³/mol. The van der Waals surface area contributed by atoms with E-state index in [4.69, 9.17) is 9.47 Å². The number of carbonyl (C=O) groups is 3. The smallest absolute Gasteiger partial charge is 0.308 e. The van der Waals surface area contributed by atoms with Gasteiger partial charge in [0.1, 0.15) is 0 Å². The molecule has 8 nitrogen and oxygen atoms in total. The Hall–Kier alpha value is -2.77. The minimum atomic E-state index is -0.961. The number of carbonyl (C=O) groups excluding carboxylic acids is 2. The first kappa shape index (κ1) is 19.0. The Bertz CT molecular complexity index is 750. The Morgan fingerprint density at radius 2 is 2.00 bits per heavy atom. The van der Waals surface area contributed by atoms with Crippen LogP contribution in [0.2, 0.25) is 0 Å². The summed E-state index contributed by atoms with van der Waals surface area (Å²) in [6.07, 6.45) is 1.22. The molecule has 1 N–H and O–H groups in total. The second-order valence-corrected chi connectivity index (χ2v) is 6.85. The summed E-state index contributed by atoms with van der Waals surface area (Å²) in [4.78, 5) is 39.3. The maximum absolute atomic E-state index is 12.7. The molecule has 2 atom stereocenters. The third kappa shape index (κ3) is 3.70. The molecule has 2 saturated heterocycles. The lowest BCUT2D eigenvalue weighted by Crippen LogP contribution is -2.40. The first-order valence-electron chi connectivity index (χ1n) is 8.95. The standard InChI is InChI=1S/C19H24N2O6/c1-26-15-6-3-5-12(18(15)27-2)13-9-21(10-14(13)19(24)25)17(23)11-20-8-4-7-16(20)22/h3,5-6,13-14H,4,7-11H2,1-2H3,(H,24,25)/t13-,14+/m0/s1. The van der Waals surface area contributed by atoms with Crippen LogP contribution in [0.3, 0.4) is 0 Å². The van der Waals surface area contributed by atoms with Crippen molar-refractivity contribution < 1.29 is 29.0 Å². The molecule has 27 heavy (non-hydrogen) atoms. The lowest BCUT2D eigenvalue weighted by molar-refractivity contribution is -0.142. The Balaban J connectivity index is 1.82. The largest absolute Gasteiger partial charge is 0.493 e. The van der Waals surface area contributed by atoms with Crippen LogP contribution in [0.1, 0.15) is 24.3 Å². The molecule has 2 aliphatic rings. The zero-order valence-corrected chi connectivity index (χ0v) is 15.5. The van der Waals surface area contributed by atoms with Crippen LogP contribution < -0.4 is 9.47 Å². The van der Waals surface area contributed by atoms with Gasteiger partial charge in [-0.2, -0.15) is 0 Å². The molecule has 2 aliphatic heterocycles. The molecule has 146 valence electrons. The van der Waals surface area contributed by atoms with E-state index in [9.17, 15) is 19.5 Å². The highest BCUT2D eigenvalue weighted by Gasteiger charge is 2.42. The fourth-order valence-electron chi connectivity index (χ4n) is 3.91. The second kappa shape index (κ2) is 7.85. The van der Waals surface area contributed by atoms with Crippen molar-refractivity contribution >= 4 is 17.8 Å². The summed E-state index contributed by atoms with van der Waals surface area (Å²) in [5.74, 6) is -1.36. The van der Waals surface area contributed by atoms with Crippen molar-refractivity contribution in [1.82, 2.24) is 9.80 Å². The van der Waals surface area contributed by atoms with Gasteiger partial charge in [0.05, 0.1) is 26.7 Å². The number of carboxylic acids is 1. The summed E-state index contributed by atoms with van der Waals surface area (Å²) in [6, 6.07) is 5.33. The summed E-state index contributed by atoms with van der Waals surface area (Å²) in [7, 11) is 3.03. The van der Waals surface area contributed by atoms with E-state index < -0.39 is 17.8 Å². The highest BCUT2D eigenvalue weighted by molar-refractivity contribution is 5.87. The lowest BCUT2D eigenvalue weighted by atomic mass is 9.88. The maximum Gasteiger partial charge on any atom is 0.308 e. The van der Waals surface area contributed by atoms with Crippen LogP contribution in [0.4, 0.5) is 0 Å². The van der Waals surface area contributed by atoms with Gasteiger partial charge >= 0.3 is 5.97 Å². The van der Waals surface area contributed by atoms with Crippen LogP contribution in [-0.2, 0) is 14.4 Å². The van der Waals surface area contributed by atoms with Crippen LogP contribution in [0, 0.1) is 5.92 Å². The summed E-state index contributed by atoms with van der Waals surface area (Å²) in [5.41, 5.74) is 0.705. The predicted octanol–water partition coefficient (Wildman–Crippen LogP) is 0.953. The number of hydrogen-bond donors (Lipinski definition) is 1. The molecule has 0 spiro atoms. The Kier molecular flexibility index (Phi) is 5.53. The monoisotopic (exact) mass is 376 g/mol. The molecule has 0 unspecified atom stereocenters. The SMILES string of the molecule is COc1cccc([C@@H]2CN(C(=O)CN3CCCC3=O)C[C@H]2C(=O)O)c1OC. The van der Waals surface area contributed by atoms with E-state index in [-0.39, 0.29) is 31.4 Å². The summed E-state index contributed by atoms with van der Waals surface area (Å²) in [5, 5.41) is 9.69. The van der Waals surface area contributed by atoms with Gasteiger partial charge in [0.25, 0.3) is 0 Å². The molecular weight excluding hydrogens is 352 g/mol. The van der Waals surface area contributed by atoms with E-state index >= 15 is 0 Å². The van der Waals surface area contributed by atoms with Crippen molar-refractivity contribution in [1.29, 1.82) is 0 Å². The number of benzene rings is 1. The quantitative estimate of drug-likeness (QED) is 0.794. The van der Waals surface area contributed by atoms with Gasteiger partial charge in [-0.25, -0.2) is 0 Å². The Morgan fingerprint density at radius 3 is 2.59 bits per heavy atom. The Labute approximate surface area is 157 Å². The fraction of sp³-hybridized carbons (Fsp3) is 0.526. The van der Waals surface area contributed by atoms with Crippen LogP contribution in [0.5, 0.6) is 11.5 Å². The molecule has 0 bridgehead atoms. The molecular formula is C19H24N2O6. The number of likely N-dealkylation sites (tertiary alicyclic amines) is 2. The highest BCUT2D eigenvalue weighted by Crippen LogP contribution is 2.41. The van der Waals surface area contributed by atoms with Crippen LogP contribution >= 0.6 is 0 Å². The number of para-hydroxylation sites is 1. The molecule has 2 amide bonds. The summed E-state index contributed by atoms with van der Waals surface area (Å²) in [6.45, 7) is 0.962. The molecule has 0 saturated carbocycles. The molecule has 2 fully saturated rings. The first-order valence-corrected chi connectivity index (χ1v) is 8.95. The fourth-order valence-corrected chi connectivity index (χ4v) is 3.91. The number of amides is 2. The topological polar surface area (TPSA) is 96.4 Å². The highest BCUT2D eigenvalue weighted by atomic mass is 16.5. The van der Waals surface area contributed by atoms with E-state index in [0.29, 0.717) is 30.0 Å². The van der Waals surface area contributed by atoms with Gasteiger partial charge < -0.3 is 24.4 Å². The van der Waals surface area contributed by atoms with Gasteiger partial charge in [0.15, 0.2) is 11.5 Å². The van der Waals surface area contributed by atoms with Gasteiger partial charge in [0, 0.05) is 37.5 Å². The molecule has 1 aromatic rings. The number of aliphatic carboxylic acids is 1. The van der Waals surface area contributed by atoms with Crippen molar-refractivity contribution in [3.05, 3.63) is 23.8 Å². The van der Waals surface area contributed by atoms with Crippen molar-refractivity contribution in [3.8, 4) is 11.5 Å².